The van der Waals surface area contributed by atoms with Crippen LogP contribution in [-0.4, -0.2) is 74.7 Å². The van der Waals surface area contributed by atoms with E-state index in [9.17, 15) is 16.8 Å². The molecule has 2 aliphatic rings. The van der Waals surface area contributed by atoms with Crippen molar-refractivity contribution in [1.82, 2.24) is 13.6 Å². The number of sulfonamides is 2. The predicted octanol–water partition coefficient (Wildman–Crippen LogP) is 2.93. The van der Waals surface area contributed by atoms with E-state index in [1.165, 1.54) is 21.9 Å². The topological polar surface area (TPSA) is 96.9 Å². The van der Waals surface area contributed by atoms with Gasteiger partial charge in [0.15, 0.2) is 0 Å². The van der Waals surface area contributed by atoms with Crippen molar-refractivity contribution in [2.24, 2.45) is 0 Å². The molecule has 1 aromatic carbocycles. The van der Waals surface area contributed by atoms with Crippen LogP contribution in [0.25, 0.3) is 15.8 Å². The molecule has 0 unspecified atom stereocenters. The van der Waals surface area contributed by atoms with Crippen LogP contribution in [0.3, 0.4) is 0 Å². The molecule has 0 amide bonds. The van der Waals surface area contributed by atoms with Crippen molar-refractivity contribution in [3.8, 4) is 5.19 Å². The third-order valence-electron chi connectivity index (χ3n) is 5.90. The van der Waals surface area contributed by atoms with E-state index in [0.29, 0.717) is 57.1 Å². The molecule has 0 N–H and O–H groups in total. The van der Waals surface area contributed by atoms with Crippen LogP contribution in [0.5, 0.6) is 5.19 Å². The maximum absolute atomic E-state index is 12.3. The highest BCUT2D eigenvalue weighted by atomic mass is 32.2. The zero-order valence-corrected chi connectivity index (χ0v) is 20.8. The Kier molecular flexibility index (Phi) is 6.92. The lowest BCUT2D eigenvalue weighted by molar-refractivity contribution is 0.135. The lowest BCUT2D eigenvalue weighted by Gasteiger charge is -2.29. The SMILES string of the molecule is CCCS(=O)(=O)N1CC=C(c2ccc3nc(OC4CCN(S(C)(=O)=O)CC4)sc3c2)CC1. The summed E-state index contributed by atoms with van der Waals surface area (Å²) in [5.74, 6) is 0.194. The maximum Gasteiger partial charge on any atom is 0.274 e. The normalized spacial score (nSPS) is 19.9. The van der Waals surface area contributed by atoms with E-state index in [0.717, 1.165) is 21.4 Å². The van der Waals surface area contributed by atoms with Gasteiger partial charge >= 0.3 is 0 Å². The van der Waals surface area contributed by atoms with Crippen LogP contribution in [0.2, 0.25) is 0 Å². The minimum absolute atomic E-state index is 0.0369. The zero-order valence-electron chi connectivity index (χ0n) is 18.4. The summed E-state index contributed by atoms with van der Waals surface area (Å²) >= 11 is 1.49. The second-order valence-electron chi connectivity index (χ2n) is 8.29. The summed E-state index contributed by atoms with van der Waals surface area (Å²) in [7, 11) is -6.32. The molecule has 0 bridgehead atoms. The fourth-order valence-corrected chi connectivity index (χ4v) is 7.37. The second kappa shape index (κ2) is 9.38. The Morgan fingerprint density at radius 1 is 1.12 bits per heavy atom. The Balaban J connectivity index is 1.42. The van der Waals surface area contributed by atoms with Gasteiger partial charge in [0.2, 0.25) is 20.0 Å². The number of benzene rings is 1. The summed E-state index contributed by atoms with van der Waals surface area (Å²) in [6.07, 6.45) is 5.82. The number of aromatic nitrogens is 1. The van der Waals surface area contributed by atoms with Crippen molar-refractivity contribution < 1.29 is 21.6 Å². The molecular weight excluding hydrogens is 470 g/mol. The van der Waals surface area contributed by atoms with Gasteiger partial charge in [-0.15, -0.1) is 0 Å². The summed E-state index contributed by atoms with van der Waals surface area (Å²) in [5.41, 5.74) is 3.10. The van der Waals surface area contributed by atoms with Crippen molar-refractivity contribution in [1.29, 1.82) is 0 Å². The molecular formula is C21H29N3O5S3. The van der Waals surface area contributed by atoms with Crippen LogP contribution in [0.1, 0.15) is 38.2 Å². The Hall–Kier alpha value is -1.53. The molecule has 1 fully saturated rings. The maximum atomic E-state index is 12.3. The molecule has 2 aliphatic heterocycles. The first-order valence-electron chi connectivity index (χ1n) is 10.9. The van der Waals surface area contributed by atoms with E-state index in [2.05, 4.69) is 11.1 Å². The van der Waals surface area contributed by atoms with Crippen LogP contribution in [0.4, 0.5) is 0 Å². The molecule has 11 heteroatoms. The minimum Gasteiger partial charge on any atom is -0.467 e. The van der Waals surface area contributed by atoms with Crippen molar-refractivity contribution in [3.05, 3.63) is 29.8 Å². The first kappa shape index (κ1) is 23.6. The predicted molar refractivity (Wildman–Crippen MR) is 128 cm³/mol. The molecule has 0 radical (unpaired) electrons. The molecule has 0 spiro atoms. The average Bonchev–Trinajstić information content (AvgIpc) is 3.15. The number of hydrogen-bond acceptors (Lipinski definition) is 7. The Bertz CT molecular complexity index is 1210. The molecule has 2 aromatic rings. The summed E-state index contributed by atoms with van der Waals surface area (Å²) < 4.78 is 58.0. The molecule has 3 heterocycles. The van der Waals surface area contributed by atoms with Crippen LogP contribution in [-0.2, 0) is 20.0 Å². The summed E-state index contributed by atoms with van der Waals surface area (Å²) in [5, 5.41) is 0.601. The van der Waals surface area contributed by atoms with Gasteiger partial charge in [0.25, 0.3) is 5.19 Å². The molecule has 1 aromatic heterocycles. The van der Waals surface area contributed by atoms with Crippen molar-refractivity contribution >= 4 is 47.2 Å². The van der Waals surface area contributed by atoms with Crippen LogP contribution in [0.15, 0.2) is 24.3 Å². The smallest absolute Gasteiger partial charge is 0.274 e. The fourth-order valence-electron chi connectivity index (χ4n) is 4.13. The Morgan fingerprint density at radius 3 is 2.50 bits per heavy atom. The van der Waals surface area contributed by atoms with Crippen LogP contribution < -0.4 is 4.74 Å². The first-order chi connectivity index (χ1) is 15.2. The van der Waals surface area contributed by atoms with Gasteiger partial charge in [-0.1, -0.05) is 30.4 Å². The fraction of sp³-hybridized carbons (Fsp3) is 0.571. The number of hydrogen-bond donors (Lipinski definition) is 0. The van der Waals surface area contributed by atoms with Gasteiger partial charge in [-0.2, -0.15) is 4.31 Å². The van der Waals surface area contributed by atoms with E-state index in [1.54, 1.807) is 4.31 Å². The van der Waals surface area contributed by atoms with Gasteiger partial charge in [0, 0.05) is 26.2 Å². The number of piperidine rings is 1. The number of fused-ring (bicyclic) bond motifs is 1. The van der Waals surface area contributed by atoms with E-state index in [1.807, 2.05) is 25.1 Å². The van der Waals surface area contributed by atoms with Crippen molar-refractivity contribution in [2.45, 2.75) is 38.7 Å². The summed E-state index contributed by atoms with van der Waals surface area (Å²) in [6.45, 7) is 3.74. The van der Waals surface area contributed by atoms with Crippen LogP contribution >= 0.6 is 11.3 Å². The highest BCUT2D eigenvalue weighted by Crippen LogP contribution is 2.33. The van der Waals surface area contributed by atoms with Crippen molar-refractivity contribution in [3.63, 3.8) is 0 Å². The van der Waals surface area contributed by atoms with Gasteiger partial charge in [0.05, 0.1) is 22.2 Å². The van der Waals surface area contributed by atoms with Crippen LogP contribution in [0, 0.1) is 0 Å². The molecule has 0 saturated carbocycles. The van der Waals surface area contributed by atoms with Gasteiger partial charge in [0.1, 0.15) is 6.10 Å². The third kappa shape index (κ3) is 5.33. The Labute approximate surface area is 194 Å². The average molecular weight is 500 g/mol. The summed E-state index contributed by atoms with van der Waals surface area (Å²) in [4.78, 5) is 4.58. The van der Waals surface area contributed by atoms with Gasteiger partial charge < -0.3 is 4.74 Å². The second-order valence-corrected chi connectivity index (χ2v) is 13.4. The van der Waals surface area contributed by atoms with Gasteiger partial charge in [-0.25, -0.2) is 26.1 Å². The van der Waals surface area contributed by atoms with Crippen molar-refractivity contribution in [2.75, 3.05) is 38.2 Å². The largest absolute Gasteiger partial charge is 0.467 e. The lowest BCUT2D eigenvalue weighted by Crippen LogP contribution is -2.41. The highest BCUT2D eigenvalue weighted by Gasteiger charge is 2.27. The van der Waals surface area contributed by atoms with E-state index in [-0.39, 0.29) is 11.9 Å². The zero-order chi connectivity index (χ0) is 22.9. The molecule has 8 nitrogen and oxygen atoms in total. The number of thiazole rings is 1. The first-order valence-corrected chi connectivity index (χ1v) is 15.1. The number of nitrogens with zero attached hydrogens (tertiary/aromatic N) is 3. The van der Waals surface area contributed by atoms with E-state index >= 15 is 0 Å². The minimum atomic E-state index is -3.17. The monoisotopic (exact) mass is 499 g/mol. The third-order valence-corrected chi connectivity index (χ3v) is 10.2. The molecule has 32 heavy (non-hydrogen) atoms. The molecule has 0 atom stereocenters. The van der Waals surface area contributed by atoms with Gasteiger partial charge in [-0.3, -0.25) is 0 Å². The number of ether oxygens (including phenoxy) is 1. The Morgan fingerprint density at radius 2 is 1.88 bits per heavy atom. The standard InChI is InChI=1S/C21H29N3O5S3/c1-3-14-32(27,28)24-10-6-16(7-11-24)17-4-5-19-20(15-17)30-21(22-19)29-18-8-12-23(13-9-18)31(2,25)26/h4-6,15,18H,3,7-14H2,1-2H3. The lowest BCUT2D eigenvalue weighted by atomic mass is 10.0. The molecule has 176 valence electrons. The highest BCUT2D eigenvalue weighted by molar-refractivity contribution is 7.89. The molecule has 1 saturated heterocycles. The quantitative estimate of drug-likeness (QED) is 0.581. The molecule has 4 rings (SSSR count). The van der Waals surface area contributed by atoms with Gasteiger partial charge in [-0.05, 0) is 49.0 Å². The molecule has 0 aliphatic carbocycles. The van der Waals surface area contributed by atoms with E-state index < -0.39 is 20.0 Å². The van der Waals surface area contributed by atoms with E-state index in [4.69, 9.17) is 4.74 Å². The summed E-state index contributed by atoms with van der Waals surface area (Å²) in [6, 6.07) is 6.09. The number of rotatable bonds is 7.